The van der Waals surface area contributed by atoms with Crippen molar-refractivity contribution in [2.75, 3.05) is 5.32 Å². The molecule has 0 aliphatic rings. The van der Waals surface area contributed by atoms with Crippen LogP contribution in [0.4, 0.5) is 5.82 Å². The number of hydrogen-bond acceptors (Lipinski definition) is 5. The molecule has 26 heavy (non-hydrogen) atoms. The van der Waals surface area contributed by atoms with Gasteiger partial charge in [0.25, 0.3) is 5.91 Å². The molecular formula is C17H17Cl2N3O4. The molecule has 1 amide bonds. The molecule has 0 spiro atoms. The van der Waals surface area contributed by atoms with Crippen molar-refractivity contribution in [1.29, 1.82) is 0 Å². The first-order valence-corrected chi connectivity index (χ1v) is 8.40. The maximum atomic E-state index is 12.3. The van der Waals surface area contributed by atoms with Crippen molar-refractivity contribution in [1.82, 2.24) is 9.97 Å². The Labute approximate surface area is 160 Å². The number of rotatable bonds is 5. The van der Waals surface area contributed by atoms with Crippen LogP contribution in [-0.2, 0) is 9.53 Å². The predicted molar refractivity (Wildman–Crippen MR) is 98.0 cm³/mol. The largest absolute Gasteiger partial charge is 0.448 e. The van der Waals surface area contributed by atoms with Gasteiger partial charge >= 0.3 is 5.97 Å². The van der Waals surface area contributed by atoms with Gasteiger partial charge < -0.3 is 15.0 Å². The Morgan fingerprint density at radius 2 is 1.92 bits per heavy atom. The summed E-state index contributed by atoms with van der Waals surface area (Å²) in [6, 6.07) is 1.43. The standard InChI is InChI=1S/C17H17Cl2N3O4/c1-7-13(9(3)23)8(2)21-14(7)17(25)26-10(4)16(24)22-15-12(19)5-11(18)6-20-15/h5-6,10,21H,1-4H3,(H,20,22,24). The molecule has 0 aliphatic carbocycles. The van der Waals surface area contributed by atoms with E-state index in [1.165, 1.54) is 26.1 Å². The lowest BCUT2D eigenvalue weighted by Crippen LogP contribution is -2.30. The summed E-state index contributed by atoms with van der Waals surface area (Å²) in [4.78, 5) is 42.9. The van der Waals surface area contributed by atoms with Crippen LogP contribution in [0.5, 0.6) is 0 Å². The molecule has 2 heterocycles. The highest BCUT2D eigenvalue weighted by Crippen LogP contribution is 2.23. The van der Waals surface area contributed by atoms with Gasteiger partial charge in [0.15, 0.2) is 17.7 Å². The van der Waals surface area contributed by atoms with E-state index in [1.807, 2.05) is 0 Å². The van der Waals surface area contributed by atoms with Gasteiger partial charge in [-0.15, -0.1) is 0 Å². The molecule has 0 bridgehead atoms. The highest BCUT2D eigenvalue weighted by molar-refractivity contribution is 6.36. The van der Waals surface area contributed by atoms with Gasteiger partial charge in [-0.05, 0) is 39.3 Å². The number of aromatic amines is 1. The first kappa shape index (κ1) is 19.9. The number of hydrogen-bond donors (Lipinski definition) is 2. The summed E-state index contributed by atoms with van der Waals surface area (Å²) in [5, 5.41) is 2.95. The summed E-state index contributed by atoms with van der Waals surface area (Å²) in [5.41, 5.74) is 1.62. The zero-order chi connectivity index (χ0) is 19.6. The number of pyridine rings is 1. The number of H-pyrrole nitrogens is 1. The fourth-order valence-electron chi connectivity index (χ4n) is 2.48. The number of carbonyl (C=O) groups is 3. The molecule has 138 valence electrons. The van der Waals surface area contributed by atoms with Crippen LogP contribution in [0.2, 0.25) is 10.0 Å². The third-order valence-electron chi connectivity index (χ3n) is 3.70. The van der Waals surface area contributed by atoms with Gasteiger partial charge in [-0.2, -0.15) is 0 Å². The molecule has 1 unspecified atom stereocenters. The molecule has 9 heteroatoms. The van der Waals surface area contributed by atoms with Crippen molar-refractivity contribution in [2.45, 2.75) is 33.8 Å². The van der Waals surface area contributed by atoms with Crippen LogP contribution in [0.1, 0.15) is 46.0 Å². The number of halogens is 2. The summed E-state index contributed by atoms with van der Waals surface area (Å²) in [5.74, 6) is -1.40. The van der Waals surface area contributed by atoms with Crippen molar-refractivity contribution in [3.63, 3.8) is 0 Å². The lowest BCUT2D eigenvalue weighted by atomic mass is 10.1. The molecule has 0 fully saturated rings. The quantitative estimate of drug-likeness (QED) is 0.591. The molecule has 2 aromatic rings. The molecule has 7 nitrogen and oxygen atoms in total. The minimum absolute atomic E-state index is 0.106. The van der Waals surface area contributed by atoms with Gasteiger partial charge in [0, 0.05) is 17.5 Å². The van der Waals surface area contributed by atoms with Crippen molar-refractivity contribution >= 4 is 46.7 Å². The summed E-state index contributed by atoms with van der Waals surface area (Å²) in [6.45, 7) is 6.15. The summed E-state index contributed by atoms with van der Waals surface area (Å²) >= 11 is 11.7. The Morgan fingerprint density at radius 1 is 1.27 bits per heavy atom. The highest BCUT2D eigenvalue weighted by atomic mass is 35.5. The van der Waals surface area contributed by atoms with E-state index < -0.39 is 18.0 Å². The normalized spacial score (nSPS) is 11.8. The van der Waals surface area contributed by atoms with E-state index in [4.69, 9.17) is 27.9 Å². The van der Waals surface area contributed by atoms with E-state index in [9.17, 15) is 14.4 Å². The van der Waals surface area contributed by atoms with Gasteiger partial charge in [0.2, 0.25) is 0 Å². The van der Waals surface area contributed by atoms with E-state index in [1.54, 1.807) is 13.8 Å². The molecule has 0 saturated carbocycles. The predicted octanol–water partition coefficient (Wildman–Crippen LogP) is 3.72. The first-order valence-electron chi connectivity index (χ1n) is 7.64. The van der Waals surface area contributed by atoms with Gasteiger partial charge in [0.1, 0.15) is 5.69 Å². The number of carbonyl (C=O) groups excluding carboxylic acids is 3. The zero-order valence-corrected chi connectivity index (χ0v) is 16.1. The Balaban J connectivity index is 2.10. The molecule has 0 radical (unpaired) electrons. The summed E-state index contributed by atoms with van der Waals surface area (Å²) in [6.07, 6.45) is 0.216. The number of anilines is 1. The SMILES string of the molecule is CC(=O)c1c(C)[nH]c(C(=O)OC(C)C(=O)Nc2ncc(Cl)cc2Cl)c1C. The van der Waals surface area contributed by atoms with Crippen LogP contribution >= 0.6 is 23.2 Å². The minimum Gasteiger partial charge on any atom is -0.448 e. The maximum Gasteiger partial charge on any atom is 0.355 e. The average molecular weight is 398 g/mol. The van der Waals surface area contributed by atoms with Crippen LogP contribution < -0.4 is 5.32 Å². The smallest absolute Gasteiger partial charge is 0.355 e. The highest BCUT2D eigenvalue weighted by Gasteiger charge is 2.25. The monoisotopic (exact) mass is 397 g/mol. The van der Waals surface area contributed by atoms with Crippen molar-refractivity contribution in [2.24, 2.45) is 0 Å². The number of aromatic nitrogens is 2. The van der Waals surface area contributed by atoms with Gasteiger partial charge in [-0.3, -0.25) is 9.59 Å². The topological polar surface area (TPSA) is 101 Å². The van der Waals surface area contributed by atoms with Crippen LogP contribution in [0.15, 0.2) is 12.3 Å². The van der Waals surface area contributed by atoms with Crippen molar-refractivity contribution in [3.8, 4) is 0 Å². The second kappa shape index (κ2) is 7.88. The van der Waals surface area contributed by atoms with E-state index in [-0.39, 0.29) is 22.3 Å². The zero-order valence-electron chi connectivity index (χ0n) is 14.6. The van der Waals surface area contributed by atoms with Gasteiger partial charge in [-0.1, -0.05) is 23.2 Å². The number of ether oxygens (including phenoxy) is 1. The Morgan fingerprint density at radius 3 is 2.46 bits per heavy atom. The number of aryl methyl sites for hydroxylation is 1. The van der Waals surface area contributed by atoms with E-state index in [2.05, 4.69) is 15.3 Å². The van der Waals surface area contributed by atoms with Gasteiger partial charge in [-0.25, -0.2) is 9.78 Å². The van der Waals surface area contributed by atoms with Gasteiger partial charge in [0.05, 0.1) is 10.0 Å². The number of amides is 1. The molecule has 0 saturated heterocycles. The molecule has 2 N–H and O–H groups in total. The molecule has 0 aromatic carbocycles. The number of nitrogens with zero attached hydrogens (tertiary/aromatic N) is 1. The second-order valence-corrected chi connectivity index (χ2v) is 6.55. The van der Waals surface area contributed by atoms with E-state index in [0.717, 1.165) is 0 Å². The second-order valence-electron chi connectivity index (χ2n) is 5.70. The molecule has 0 aliphatic heterocycles. The summed E-state index contributed by atoms with van der Waals surface area (Å²) in [7, 11) is 0. The van der Waals surface area contributed by atoms with Crippen LogP contribution in [-0.4, -0.2) is 33.7 Å². The average Bonchev–Trinajstić information content (AvgIpc) is 2.84. The Kier molecular flexibility index (Phi) is 6.05. The fraction of sp³-hybridized carbons (Fsp3) is 0.294. The lowest BCUT2D eigenvalue weighted by molar-refractivity contribution is -0.123. The number of esters is 1. The van der Waals surface area contributed by atoms with Crippen molar-refractivity contribution < 1.29 is 19.1 Å². The number of nitrogens with one attached hydrogen (secondary N) is 2. The minimum atomic E-state index is -1.11. The number of Topliss-reactive ketones (excluding diaryl/α,β-unsaturated/α-hetero) is 1. The maximum absolute atomic E-state index is 12.3. The van der Waals surface area contributed by atoms with E-state index >= 15 is 0 Å². The molecule has 1 atom stereocenters. The van der Waals surface area contributed by atoms with Crippen molar-refractivity contribution in [3.05, 3.63) is 44.8 Å². The number of ketones is 1. The third-order valence-corrected chi connectivity index (χ3v) is 4.19. The summed E-state index contributed by atoms with van der Waals surface area (Å²) < 4.78 is 5.17. The molecule has 2 aromatic heterocycles. The molecule has 2 rings (SSSR count). The Bertz CT molecular complexity index is 892. The van der Waals surface area contributed by atoms with E-state index in [0.29, 0.717) is 21.8 Å². The first-order chi connectivity index (χ1) is 12.1. The third kappa shape index (κ3) is 4.23. The van der Waals surface area contributed by atoms with Crippen LogP contribution in [0.3, 0.4) is 0 Å². The molecular weight excluding hydrogens is 381 g/mol. The lowest BCUT2D eigenvalue weighted by Gasteiger charge is -2.13. The fourth-order valence-corrected chi connectivity index (χ4v) is 2.91. The van der Waals surface area contributed by atoms with Crippen LogP contribution in [0, 0.1) is 13.8 Å². The van der Waals surface area contributed by atoms with Crippen LogP contribution in [0.25, 0.3) is 0 Å². The Hall–Kier alpha value is -2.38.